The van der Waals surface area contributed by atoms with Crippen LogP contribution in [0.1, 0.15) is 24.8 Å². The second-order valence-electron chi connectivity index (χ2n) is 4.65. The van der Waals surface area contributed by atoms with Crippen LogP contribution in [0.2, 0.25) is 0 Å². The van der Waals surface area contributed by atoms with Crippen LogP contribution in [0.15, 0.2) is 24.3 Å². The fourth-order valence-corrected chi connectivity index (χ4v) is 2.14. The standard InChI is InChI=1S/C13H18N2O2/c14-9-13(5-2-6-13)12(17)15-11-4-1-3-10(7-11)8-16/h1,3-4,7,16H,2,5-6,8-9,14H2,(H,15,17). The number of rotatable bonds is 4. The molecule has 0 saturated heterocycles. The average molecular weight is 234 g/mol. The molecule has 0 bridgehead atoms. The number of aliphatic hydroxyl groups excluding tert-OH is 1. The number of carbonyl (C=O) groups is 1. The summed E-state index contributed by atoms with van der Waals surface area (Å²) in [5.41, 5.74) is 6.83. The maximum Gasteiger partial charge on any atom is 0.231 e. The predicted molar refractivity (Wildman–Crippen MR) is 66.3 cm³/mol. The predicted octanol–water partition coefficient (Wildman–Crippen LogP) is 1.25. The van der Waals surface area contributed by atoms with Gasteiger partial charge in [0.05, 0.1) is 12.0 Å². The molecule has 1 fully saturated rings. The Balaban J connectivity index is 2.07. The molecule has 0 aliphatic heterocycles. The van der Waals surface area contributed by atoms with Gasteiger partial charge in [-0.25, -0.2) is 0 Å². The largest absolute Gasteiger partial charge is 0.392 e. The number of carbonyl (C=O) groups excluding carboxylic acids is 1. The summed E-state index contributed by atoms with van der Waals surface area (Å²) in [5.74, 6) is 0.00124. The van der Waals surface area contributed by atoms with E-state index in [2.05, 4.69) is 5.32 Å². The number of amides is 1. The van der Waals surface area contributed by atoms with Crippen LogP contribution in [0.25, 0.3) is 0 Å². The molecule has 0 spiro atoms. The van der Waals surface area contributed by atoms with E-state index >= 15 is 0 Å². The fraction of sp³-hybridized carbons (Fsp3) is 0.462. The molecule has 1 saturated carbocycles. The molecule has 0 aromatic heterocycles. The summed E-state index contributed by atoms with van der Waals surface area (Å²) in [6, 6.07) is 7.23. The van der Waals surface area contributed by atoms with Crippen molar-refractivity contribution in [2.45, 2.75) is 25.9 Å². The molecule has 0 heterocycles. The van der Waals surface area contributed by atoms with E-state index in [0.29, 0.717) is 6.54 Å². The van der Waals surface area contributed by atoms with Crippen molar-refractivity contribution in [3.63, 3.8) is 0 Å². The Labute approximate surface area is 101 Å². The third-order valence-electron chi connectivity index (χ3n) is 3.55. The van der Waals surface area contributed by atoms with Gasteiger partial charge in [0.2, 0.25) is 5.91 Å². The molecule has 92 valence electrons. The highest BCUT2D eigenvalue weighted by atomic mass is 16.3. The van der Waals surface area contributed by atoms with Crippen LogP contribution >= 0.6 is 0 Å². The highest BCUT2D eigenvalue weighted by Crippen LogP contribution is 2.40. The van der Waals surface area contributed by atoms with Crippen molar-refractivity contribution >= 4 is 11.6 Å². The summed E-state index contributed by atoms with van der Waals surface area (Å²) in [4.78, 5) is 12.1. The lowest BCUT2D eigenvalue weighted by atomic mass is 9.68. The van der Waals surface area contributed by atoms with Crippen LogP contribution in [0.3, 0.4) is 0 Å². The van der Waals surface area contributed by atoms with Gasteiger partial charge in [0.1, 0.15) is 0 Å². The molecule has 0 radical (unpaired) electrons. The van der Waals surface area contributed by atoms with E-state index in [4.69, 9.17) is 10.8 Å². The minimum Gasteiger partial charge on any atom is -0.392 e. The number of aliphatic hydroxyl groups is 1. The molecule has 2 rings (SSSR count). The summed E-state index contributed by atoms with van der Waals surface area (Å²) in [6.07, 6.45) is 2.81. The van der Waals surface area contributed by atoms with E-state index in [1.165, 1.54) is 0 Å². The first kappa shape index (κ1) is 12.1. The maximum atomic E-state index is 12.1. The summed E-state index contributed by atoms with van der Waals surface area (Å²) in [5, 5.41) is 11.9. The quantitative estimate of drug-likeness (QED) is 0.733. The molecular formula is C13H18N2O2. The molecule has 1 aromatic carbocycles. The van der Waals surface area contributed by atoms with Crippen molar-refractivity contribution in [2.24, 2.45) is 11.1 Å². The Morgan fingerprint density at radius 2 is 2.24 bits per heavy atom. The van der Waals surface area contributed by atoms with Gasteiger partial charge in [-0.3, -0.25) is 4.79 Å². The number of nitrogens with two attached hydrogens (primary N) is 1. The van der Waals surface area contributed by atoms with Gasteiger partial charge in [0.15, 0.2) is 0 Å². The highest BCUT2D eigenvalue weighted by molar-refractivity contribution is 5.96. The van der Waals surface area contributed by atoms with E-state index in [1.54, 1.807) is 6.07 Å². The highest BCUT2D eigenvalue weighted by Gasteiger charge is 2.42. The number of benzene rings is 1. The number of hydrogen-bond donors (Lipinski definition) is 3. The summed E-state index contributed by atoms with van der Waals surface area (Å²) in [7, 11) is 0. The molecule has 1 aromatic rings. The molecule has 1 aliphatic carbocycles. The van der Waals surface area contributed by atoms with Crippen molar-refractivity contribution < 1.29 is 9.90 Å². The summed E-state index contributed by atoms with van der Waals surface area (Å²) >= 11 is 0. The molecule has 4 N–H and O–H groups in total. The smallest absolute Gasteiger partial charge is 0.231 e. The van der Waals surface area contributed by atoms with Gasteiger partial charge in [-0.2, -0.15) is 0 Å². The minimum absolute atomic E-state index is 0.00124. The van der Waals surface area contributed by atoms with Crippen molar-refractivity contribution in [3.8, 4) is 0 Å². The zero-order valence-electron chi connectivity index (χ0n) is 9.78. The number of anilines is 1. The van der Waals surface area contributed by atoms with E-state index < -0.39 is 0 Å². The third-order valence-corrected chi connectivity index (χ3v) is 3.55. The second kappa shape index (κ2) is 4.85. The van der Waals surface area contributed by atoms with Crippen LogP contribution in [-0.4, -0.2) is 17.6 Å². The molecule has 4 nitrogen and oxygen atoms in total. The Hall–Kier alpha value is -1.39. The van der Waals surface area contributed by atoms with E-state index in [-0.39, 0.29) is 17.9 Å². The van der Waals surface area contributed by atoms with Crippen LogP contribution in [0.5, 0.6) is 0 Å². The lowest BCUT2D eigenvalue weighted by molar-refractivity contribution is -0.129. The Morgan fingerprint density at radius 3 is 2.76 bits per heavy atom. The molecule has 1 aliphatic rings. The average Bonchev–Trinajstić information content (AvgIpc) is 2.28. The van der Waals surface area contributed by atoms with E-state index in [9.17, 15) is 4.79 Å². The fourth-order valence-electron chi connectivity index (χ4n) is 2.14. The van der Waals surface area contributed by atoms with Gasteiger partial charge in [0.25, 0.3) is 0 Å². The molecule has 1 amide bonds. The molecule has 17 heavy (non-hydrogen) atoms. The molecule has 0 atom stereocenters. The Kier molecular flexibility index (Phi) is 3.45. The summed E-state index contributed by atoms with van der Waals surface area (Å²) in [6.45, 7) is 0.379. The Morgan fingerprint density at radius 1 is 1.47 bits per heavy atom. The molecule has 4 heteroatoms. The van der Waals surface area contributed by atoms with Crippen LogP contribution in [0.4, 0.5) is 5.69 Å². The molecular weight excluding hydrogens is 216 g/mol. The lowest BCUT2D eigenvalue weighted by Gasteiger charge is -2.39. The first-order valence-electron chi connectivity index (χ1n) is 5.91. The van der Waals surface area contributed by atoms with Crippen molar-refractivity contribution in [3.05, 3.63) is 29.8 Å². The van der Waals surface area contributed by atoms with Gasteiger partial charge >= 0.3 is 0 Å². The molecule has 0 unspecified atom stereocenters. The van der Waals surface area contributed by atoms with Gasteiger partial charge < -0.3 is 16.2 Å². The van der Waals surface area contributed by atoms with Crippen molar-refractivity contribution in [1.29, 1.82) is 0 Å². The number of nitrogens with one attached hydrogen (secondary N) is 1. The normalized spacial score (nSPS) is 17.3. The van der Waals surface area contributed by atoms with Gasteiger partial charge in [0, 0.05) is 12.2 Å². The third kappa shape index (κ3) is 2.33. The van der Waals surface area contributed by atoms with E-state index in [1.807, 2.05) is 18.2 Å². The zero-order valence-corrected chi connectivity index (χ0v) is 9.78. The van der Waals surface area contributed by atoms with Crippen LogP contribution < -0.4 is 11.1 Å². The number of hydrogen-bond acceptors (Lipinski definition) is 3. The second-order valence-corrected chi connectivity index (χ2v) is 4.65. The Bertz CT molecular complexity index is 408. The summed E-state index contributed by atoms with van der Waals surface area (Å²) < 4.78 is 0. The van der Waals surface area contributed by atoms with Crippen molar-refractivity contribution in [2.75, 3.05) is 11.9 Å². The minimum atomic E-state index is -0.366. The topological polar surface area (TPSA) is 75.4 Å². The van der Waals surface area contributed by atoms with Crippen LogP contribution in [-0.2, 0) is 11.4 Å². The van der Waals surface area contributed by atoms with Crippen LogP contribution in [0, 0.1) is 5.41 Å². The zero-order chi connectivity index (χ0) is 12.3. The van der Waals surface area contributed by atoms with E-state index in [0.717, 1.165) is 30.5 Å². The maximum absolute atomic E-state index is 12.1. The monoisotopic (exact) mass is 234 g/mol. The SMILES string of the molecule is NCC1(C(=O)Nc2cccc(CO)c2)CCC1. The van der Waals surface area contributed by atoms with Gasteiger partial charge in [-0.1, -0.05) is 18.6 Å². The van der Waals surface area contributed by atoms with Gasteiger partial charge in [-0.05, 0) is 30.5 Å². The van der Waals surface area contributed by atoms with Gasteiger partial charge in [-0.15, -0.1) is 0 Å². The van der Waals surface area contributed by atoms with Crippen molar-refractivity contribution in [1.82, 2.24) is 0 Å². The lowest BCUT2D eigenvalue weighted by Crippen LogP contribution is -2.47. The first-order valence-corrected chi connectivity index (χ1v) is 5.91. The first-order chi connectivity index (χ1) is 8.20.